The summed E-state index contributed by atoms with van der Waals surface area (Å²) in [5, 5.41) is 0. The average Bonchev–Trinajstić information content (AvgIpc) is 2.44. The Labute approximate surface area is 100 Å². The first-order chi connectivity index (χ1) is 7.02. The Morgan fingerprint density at radius 3 is 2.47 bits per heavy atom. The molecule has 0 saturated carbocycles. The molecular weight excluding hydrogens is 249 g/mol. The van der Waals surface area contributed by atoms with E-state index < -0.39 is 5.77 Å². The first-order valence-electron chi connectivity index (χ1n) is 4.79. The van der Waals surface area contributed by atoms with Gasteiger partial charge in [-0.05, 0) is 42.6 Å². The summed E-state index contributed by atoms with van der Waals surface area (Å²) in [6, 6.07) is 10.3. The smallest absolute Gasteiger partial charge is 0.222 e. The minimum atomic E-state index is -2.27. The number of halogens is 1. The molecule has 5 heteroatoms. The molecule has 1 saturated heterocycles. The minimum absolute atomic E-state index is 0.000432. The van der Waals surface area contributed by atoms with Crippen LogP contribution in [-0.2, 0) is 16.3 Å². The van der Waals surface area contributed by atoms with Crippen LogP contribution in [0.5, 0.6) is 0 Å². The van der Waals surface area contributed by atoms with Crippen LogP contribution >= 0.6 is 17.0 Å². The van der Waals surface area contributed by atoms with Gasteiger partial charge in [-0.25, -0.2) is 4.67 Å². The van der Waals surface area contributed by atoms with E-state index >= 15 is 0 Å². The zero-order valence-corrected chi connectivity index (χ0v) is 11.1. The molecule has 1 aliphatic heterocycles. The van der Waals surface area contributed by atoms with Gasteiger partial charge in [0.05, 0.1) is 0 Å². The quantitative estimate of drug-likeness (QED) is 0.718. The molecule has 1 aromatic carbocycles. The average molecular weight is 262 g/mol. The van der Waals surface area contributed by atoms with E-state index in [1.54, 1.807) is 0 Å². The first kappa shape index (κ1) is 11.6. The summed E-state index contributed by atoms with van der Waals surface area (Å²) in [4.78, 5) is 0. The summed E-state index contributed by atoms with van der Waals surface area (Å²) >= 11 is 11.5. The van der Waals surface area contributed by atoms with Crippen molar-refractivity contribution in [1.82, 2.24) is 4.67 Å². The molecule has 0 amide bonds. The van der Waals surface area contributed by atoms with Crippen LogP contribution in [0.2, 0.25) is 0 Å². The van der Waals surface area contributed by atoms with Crippen LogP contribution in [0.3, 0.4) is 0 Å². The molecule has 1 fully saturated rings. The topological polar surface area (TPSA) is 12.5 Å². The molecule has 0 spiro atoms. The fraction of sp³-hybridized carbons (Fsp3) is 0.400. The van der Waals surface area contributed by atoms with Crippen LogP contribution in [0.15, 0.2) is 30.3 Å². The van der Waals surface area contributed by atoms with Gasteiger partial charge in [0.2, 0.25) is 5.77 Å². The van der Waals surface area contributed by atoms with Crippen molar-refractivity contribution in [3.63, 3.8) is 0 Å². The Morgan fingerprint density at radius 1 is 1.40 bits per heavy atom. The molecule has 3 atom stereocenters. The minimum Gasteiger partial charge on any atom is -0.317 e. The van der Waals surface area contributed by atoms with Crippen molar-refractivity contribution in [2.75, 3.05) is 7.05 Å². The van der Waals surface area contributed by atoms with Gasteiger partial charge >= 0.3 is 0 Å². The zero-order valence-electron chi connectivity index (χ0n) is 8.63. The first-order valence-corrected chi connectivity index (χ1v) is 8.36. The fourth-order valence-electron chi connectivity index (χ4n) is 1.70. The van der Waals surface area contributed by atoms with Crippen molar-refractivity contribution in [2.45, 2.75) is 19.1 Å². The maximum atomic E-state index is 6.19. The standard InChI is InChI=1S/C10H13ClNOPS/c1-8-10(9-6-4-3-5-7-9)13-14(11,15)12(8)2/h3-8,10H,1-2H3/t8?,10?,14-/m1/s1. The fourth-order valence-corrected chi connectivity index (χ4v) is 4.38. The molecule has 82 valence electrons. The third kappa shape index (κ3) is 2.13. The summed E-state index contributed by atoms with van der Waals surface area (Å²) in [5.41, 5.74) is 1.14. The highest BCUT2D eigenvalue weighted by molar-refractivity contribution is 8.23. The highest BCUT2D eigenvalue weighted by atomic mass is 35.7. The molecule has 2 nitrogen and oxygen atoms in total. The summed E-state index contributed by atoms with van der Waals surface area (Å²) in [6.45, 7) is 2.09. The van der Waals surface area contributed by atoms with Gasteiger partial charge in [0.15, 0.2) is 0 Å². The Hall–Kier alpha value is 0.0800. The van der Waals surface area contributed by atoms with Crippen LogP contribution in [0.1, 0.15) is 18.6 Å². The monoisotopic (exact) mass is 261 g/mol. The molecule has 0 bridgehead atoms. The van der Waals surface area contributed by atoms with E-state index in [0.717, 1.165) is 5.56 Å². The van der Waals surface area contributed by atoms with Crippen LogP contribution in [0.25, 0.3) is 0 Å². The van der Waals surface area contributed by atoms with E-state index in [-0.39, 0.29) is 12.1 Å². The van der Waals surface area contributed by atoms with Crippen LogP contribution < -0.4 is 0 Å². The van der Waals surface area contributed by atoms with Crippen molar-refractivity contribution in [3.8, 4) is 0 Å². The predicted octanol–water partition coefficient (Wildman–Crippen LogP) is 3.54. The Kier molecular flexibility index (Phi) is 3.20. The predicted molar refractivity (Wildman–Crippen MR) is 67.6 cm³/mol. The van der Waals surface area contributed by atoms with Crippen LogP contribution in [0.4, 0.5) is 0 Å². The summed E-state index contributed by atoms with van der Waals surface area (Å²) in [7, 11) is 1.93. The highest BCUT2D eigenvalue weighted by Crippen LogP contribution is 2.65. The van der Waals surface area contributed by atoms with E-state index in [1.807, 2.05) is 42.0 Å². The van der Waals surface area contributed by atoms with Crippen molar-refractivity contribution in [3.05, 3.63) is 35.9 Å². The van der Waals surface area contributed by atoms with Gasteiger partial charge in [0, 0.05) is 6.04 Å². The Morgan fingerprint density at radius 2 is 2.00 bits per heavy atom. The van der Waals surface area contributed by atoms with Gasteiger partial charge in [-0.3, -0.25) is 0 Å². The SMILES string of the molecule is CC1C(c2ccccc2)O[P@@](=S)(Cl)N1C. The third-order valence-corrected chi connectivity index (χ3v) is 6.37. The lowest BCUT2D eigenvalue weighted by molar-refractivity contribution is 0.218. The van der Waals surface area contributed by atoms with E-state index in [0.29, 0.717) is 0 Å². The van der Waals surface area contributed by atoms with Gasteiger partial charge in [0.1, 0.15) is 6.10 Å². The number of hydrogen-bond acceptors (Lipinski definition) is 2. The number of benzene rings is 1. The third-order valence-electron chi connectivity index (χ3n) is 2.78. The molecule has 0 aromatic heterocycles. The van der Waals surface area contributed by atoms with Crippen LogP contribution in [0, 0.1) is 0 Å². The van der Waals surface area contributed by atoms with Crippen molar-refractivity contribution in [1.29, 1.82) is 0 Å². The van der Waals surface area contributed by atoms with E-state index in [9.17, 15) is 0 Å². The van der Waals surface area contributed by atoms with Gasteiger partial charge in [-0.2, -0.15) is 0 Å². The van der Waals surface area contributed by atoms with Gasteiger partial charge in [0.25, 0.3) is 0 Å². The Bertz CT molecular complexity index is 400. The maximum Gasteiger partial charge on any atom is 0.222 e. The number of rotatable bonds is 1. The van der Waals surface area contributed by atoms with Gasteiger partial charge in [-0.1, -0.05) is 30.3 Å². The highest BCUT2D eigenvalue weighted by Gasteiger charge is 2.41. The molecule has 1 heterocycles. The normalized spacial score (nSPS) is 37.0. The number of likely N-dealkylation sites (N-methyl/N-ethyl adjacent to an activating group) is 1. The van der Waals surface area contributed by atoms with E-state index in [1.165, 1.54) is 0 Å². The zero-order chi connectivity index (χ0) is 11.1. The Balaban J connectivity index is 2.31. The van der Waals surface area contributed by atoms with E-state index in [2.05, 4.69) is 6.92 Å². The van der Waals surface area contributed by atoms with Gasteiger partial charge in [-0.15, -0.1) is 0 Å². The van der Waals surface area contributed by atoms with Gasteiger partial charge < -0.3 is 4.52 Å². The van der Waals surface area contributed by atoms with E-state index in [4.69, 9.17) is 27.6 Å². The molecule has 2 unspecified atom stereocenters. The molecule has 15 heavy (non-hydrogen) atoms. The molecule has 0 radical (unpaired) electrons. The second-order valence-corrected chi connectivity index (χ2v) is 8.91. The molecule has 0 aliphatic carbocycles. The molecule has 1 aromatic rings. The lowest BCUT2D eigenvalue weighted by atomic mass is 10.0. The second kappa shape index (κ2) is 4.15. The maximum absolute atomic E-state index is 6.19. The largest absolute Gasteiger partial charge is 0.317 e. The van der Waals surface area contributed by atoms with Crippen molar-refractivity contribution < 1.29 is 4.52 Å². The molecular formula is C10H13ClNOPS. The van der Waals surface area contributed by atoms with Crippen molar-refractivity contribution >= 4 is 28.8 Å². The lowest BCUT2D eigenvalue weighted by Gasteiger charge is -2.18. The van der Waals surface area contributed by atoms with Crippen molar-refractivity contribution in [2.24, 2.45) is 0 Å². The molecule has 1 aliphatic rings. The molecule has 0 N–H and O–H groups in total. The summed E-state index contributed by atoms with van der Waals surface area (Å²) in [6.07, 6.45) is -0.000432. The molecule has 2 rings (SSSR count). The number of hydrogen-bond donors (Lipinski definition) is 0. The summed E-state index contributed by atoms with van der Waals surface area (Å²) < 4.78 is 7.75. The number of nitrogens with zero attached hydrogens (tertiary/aromatic N) is 1. The summed E-state index contributed by atoms with van der Waals surface area (Å²) in [5.74, 6) is -2.27. The lowest BCUT2D eigenvalue weighted by Crippen LogP contribution is -2.22. The van der Waals surface area contributed by atoms with Crippen LogP contribution in [-0.4, -0.2) is 17.8 Å². The second-order valence-electron chi connectivity index (χ2n) is 3.70.